The predicted molar refractivity (Wildman–Crippen MR) is 118 cm³/mol. The molecule has 1 fully saturated rings. The van der Waals surface area contributed by atoms with Gasteiger partial charge in [0, 0.05) is 29.1 Å². The summed E-state index contributed by atoms with van der Waals surface area (Å²) in [6.45, 7) is 4.04. The molecule has 148 valence electrons. The van der Waals surface area contributed by atoms with Crippen molar-refractivity contribution in [2.24, 2.45) is 4.99 Å². The second kappa shape index (κ2) is 9.58. The van der Waals surface area contributed by atoms with E-state index >= 15 is 0 Å². The van der Waals surface area contributed by atoms with Gasteiger partial charge in [0.15, 0.2) is 5.17 Å². The Morgan fingerprint density at radius 2 is 2.18 bits per heavy atom. The van der Waals surface area contributed by atoms with Crippen LogP contribution in [0.5, 0.6) is 0 Å². The van der Waals surface area contributed by atoms with Gasteiger partial charge in [-0.15, -0.1) is 11.3 Å². The number of thiophene rings is 1. The minimum atomic E-state index is -0.327. The fourth-order valence-corrected chi connectivity index (χ4v) is 4.82. The van der Waals surface area contributed by atoms with Crippen LogP contribution in [0, 0.1) is 6.92 Å². The molecular weight excluding hydrogens is 414 g/mol. The summed E-state index contributed by atoms with van der Waals surface area (Å²) >= 11 is 9.31. The third-order valence-electron chi connectivity index (χ3n) is 4.31. The Morgan fingerprint density at radius 3 is 2.86 bits per heavy atom. The molecule has 2 aromatic rings. The SMILES string of the molecule is CC(=O)N[C@H](CC(=O)N1CCCSC1=Nc1ccc(C)c(Cl)c1)c1cccs1. The Kier molecular flexibility index (Phi) is 7.15. The lowest BCUT2D eigenvalue weighted by atomic mass is 10.1. The number of thioether (sulfide) groups is 1. The summed E-state index contributed by atoms with van der Waals surface area (Å²) in [5.41, 5.74) is 1.72. The maximum atomic E-state index is 13.1. The zero-order chi connectivity index (χ0) is 20.1. The Morgan fingerprint density at radius 1 is 1.36 bits per heavy atom. The van der Waals surface area contributed by atoms with E-state index in [1.165, 1.54) is 18.3 Å². The molecule has 0 radical (unpaired) electrons. The van der Waals surface area contributed by atoms with Gasteiger partial charge in [-0.25, -0.2) is 4.99 Å². The van der Waals surface area contributed by atoms with Crippen molar-refractivity contribution >= 4 is 57.4 Å². The molecule has 0 aliphatic carbocycles. The number of halogens is 1. The third kappa shape index (κ3) is 5.37. The van der Waals surface area contributed by atoms with E-state index in [1.807, 2.05) is 42.6 Å². The van der Waals surface area contributed by atoms with E-state index in [0.717, 1.165) is 28.3 Å². The van der Waals surface area contributed by atoms with E-state index < -0.39 is 0 Å². The number of hydrogen-bond donors (Lipinski definition) is 1. The molecule has 1 aromatic carbocycles. The Bertz CT molecular complexity index is 884. The minimum Gasteiger partial charge on any atom is -0.348 e. The quantitative estimate of drug-likeness (QED) is 0.724. The topological polar surface area (TPSA) is 61.8 Å². The molecular formula is C20H22ClN3O2S2. The summed E-state index contributed by atoms with van der Waals surface area (Å²) < 4.78 is 0. The number of aryl methyl sites for hydroxylation is 1. The maximum Gasteiger partial charge on any atom is 0.230 e. The van der Waals surface area contributed by atoms with E-state index in [4.69, 9.17) is 11.6 Å². The lowest BCUT2D eigenvalue weighted by Gasteiger charge is -2.29. The number of amides is 2. The highest BCUT2D eigenvalue weighted by molar-refractivity contribution is 8.13. The second-order valence-electron chi connectivity index (χ2n) is 6.55. The normalized spacial score (nSPS) is 16.8. The van der Waals surface area contributed by atoms with Gasteiger partial charge in [0.1, 0.15) is 0 Å². The Hall–Kier alpha value is -1.83. The van der Waals surface area contributed by atoms with Crippen molar-refractivity contribution in [2.45, 2.75) is 32.7 Å². The van der Waals surface area contributed by atoms with Gasteiger partial charge in [0.05, 0.1) is 18.2 Å². The number of aliphatic imine (C=N–C) groups is 1. The lowest BCUT2D eigenvalue weighted by molar-refractivity contribution is -0.128. The molecule has 0 saturated carbocycles. The number of rotatable bonds is 5. The molecule has 1 aliphatic rings. The zero-order valence-electron chi connectivity index (χ0n) is 15.8. The van der Waals surface area contributed by atoms with Gasteiger partial charge in [-0.1, -0.05) is 35.5 Å². The number of nitrogens with one attached hydrogen (secondary N) is 1. The Labute approximate surface area is 178 Å². The average molecular weight is 436 g/mol. The molecule has 2 heterocycles. The monoisotopic (exact) mass is 435 g/mol. The van der Waals surface area contributed by atoms with Gasteiger partial charge in [0.2, 0.25) is 11.8 Å². The molecule has 1 aromatic heterocycles. The van der Waals surface area contributed by atoms with Gasteiger partial charge < -0.3 is 5.32 Å². The van der Waals surface area contributed by atoms with Crippen molar-refractivity contribution in [1.82, 2.24) is 10.2 Å². The van der Waals surface area contributed by atoms with Crippen LogP contribution in [0.25, 0.3) is 0 Å². The maximum absolute atomic E-state index is 13.1. The second-order valence-corrected chi connectivity index (χ2v) is 9.00. The van der Waals surface area contributed by atoms with E-state index in [0.29, 0.717) is 16.7 Å². The van der Waals surface area contributed by atoms with Crippen molar-refractivity contribution in [1.29, 1.82) is 0 Å². The molecule has 1 N–H and O–H groups in total. The van der Waals surface area contributed by atoms with Crippen LogP contribution in [-0.2, 0) is 9.59 Å². The van der Waals surface area contributed by atoms with Gasteiger partial charge in [-0.05, 0) is 42.5 Å². The van der Waals surface area contributed by atoms with Crippen LogP contribution >= 0.6 is 34.7 Å². The van der Waals surface area contributed by atoms with Gasteiger partial charge in [-0.3, -0.25) is 14.5 Å². The number of amidine groups is 1. The first-order valence-corrected chi connectivity index (χ1v) is 11.3. The largest absolute Gasteiger partial charge is 0.348 e. The number of carbonyl (C=O) groups is 2. The van der Waals surface area contributed by atoms with Crippen molar-refractivity contribution in [2.75, 3.05) is 12.3 Å². The van der Waals surface area contributed by atoms with Crippen LogP contribution in [0.3, 0.4) is 0 Å². The van der Waals surface area contributed by atoms with Gasteiger partial charge in [-0.2, -0.15) is 0 Å². The molecule has 0 bridgehead atoms. The van der Waals surface area contributed by atoms with Gasteiger partial charge >= 0.3 is 0 Å². The number of benzene rings is 1. The van der Waals surface area contributed by atoms with Crippen LogP contribution in [0.1, 0.15) is 36.2 Å². The Balaban J connectivity index is 1.80. The van der Waals surface area contributed by atoms with Gasteiger partial charge in [0.25, 0.3) is 0 Å². The lowest BCUT2D eigenvalue weighted by Crippen LogP contribution is -2.41. The molecule has 5 nitrogen and oxygen atoms in total. The zero-order valence-corrected chi connectivity index (χ0v) is 18.2. The number of hydrogen-bond acceptors (Lipinski definition) is 5. The first kappa shape index (κ1) is 20.9. The van der Waals surface area contributed by atoms with E-state index in [9.17, 15) is 9.59 Å². The van der Waals surface area contributed by atoms with E-state index in [1.54, 1.807) is 16.7 Å². The molecule has 0 spiro atoms. The van der Waals surface area contributed by atoms with Crippen LogP contribution in [0.2, 0.25) is 5.02 Å². The standard InChI is InChI=1S/C20H22ClN3O2S2/c1-13-6-7-15(11-16(13)21)23-20-24(8-4-10-28-20)19(26)12-17(22-14(2)25)18-5-3-9-27-18/h3,5-7,9,11,17H,4,8,10,12H2,1-2H3,(H,22,25)/t17-/m1/s1. The highest BCUT2D eigenvalue weighted by Crippen LogP contribution is 2.28. The summed E-state index contributed by atoms with van der Waals surface area (Å²) in [5.74, 6) is 0.723. The molecule has 28 heavy (non-hydrogen) atoms. The molecule has 2 amide bonds. The van der Waals surface area contributed by atoms with Crippen molar-refractivity contribution < 1.29 is 9.59 Å². The molecule has 8 heteroatoms. The summed E-state index contributed by atoms with van der Waals surface area (Å²) in [5, 5.41) is 6.17. The van der Waals surface area contributed by atoms with Crippen molar-refractivity contribution in [3.05, 3.63) is 51.2 Å². The van der Waals surface area contributed by atoms with E-state index in [2.05, 4.69) is 10.3 Å². The van der Waals surface area contributed by atoms with Crippen LogP contribution in [-0.4, -0.2) is 34.2 Å². The summed E-state index contributed by atoms with van der Waals surface area (Å²) in [7, 11) is 0. The highest BCUT2D eigenvalue weighted by Gasteiger charge is 2.27. The summed E-state index contributed by atoms with van der Waals surface area (Å²) in [6, 6.07) is 9.17. The number of carbonyl (C=O) groups excluding carboxylic acids is 2. The first-order valence-electron chi connectivity index (χ1n) is 9.02. The molecule has 0 unspecified atom stereocenters. The molecule has 1 saturated heterocycles. The fourth-order valence-electron chi connectivity index (χ4n) is 2.89. The average Bonchev–Trinajstić information content (AvgIpc) is 3.19. The minimum absolute atomic E-state index is 0.0451. The first-order chi connectivity index (χ1) is 13.4. The molecule has 3 rings (SSSR count). The van der Waals surface area contributed by atoms with Crippen LogP contribution in [0.4, 0.5) is 5.69 Å². The number of nitrogens with zero attached hydrogens (tertiary/aromatic N) is 2. The summed E-state index contributed by atoms with van der Waals surface area (Å²) in [4.78, 5) is 32.0. The van der Waals surface area contributed by atoms with Crippen molar-refractivity contribution in [3.8, 4) is 0 Å². The fraction of sp³-hybridized carbons (Fsp3) is 0.350. The molecule has 1 atom stereocenters. The van der Waals surface area contributed by atoms with Crippen molar-refractivity contribution in [3.63, 3.8) is 0 Å². The van der Waals surface area contributed by atoms with E-state index in [-0.39, 0.29) is 24.3 Å². The predicted octanol–water partition coefficient (Wildman–Crippen LogP) is 4.93. The smallest absolute Gasteiger partial charge is 0.230 e. The third-order valence-corrected chi connectivity index (χ3v) is 6.77. The summed E-state index contributed by atoms with van der Waals surface area (Å²) in [6.07, 6.45) is 1.11. The highest BCUT2D eigenvalue weighted by atomic mass is 35.5. The van der Waals surface area contributed by atoms with Crippen LogP contribution in [0.15, 0.2) is 40.7 Å². The van der Waals surface area contributed by atoms with Crippen LogP contribution < -0.4 is 5.32 Å². The molecule has 1 aliphatic heterocycles.